The van der Waals surface area contributed by atoms with Crippen molar-refractivity contribution >= 4 is 28.6 Å². The van der Waals surface area contributed by atoms with Crippen molar-refractivity contribution in [3.63, 3.8) is 0 Å². The summed E-state index contributed by atoms with van der Waals surface area (Å²) in [5.41, 5.74) is 1.54. The molecule has 0 aliphatic heterocycles. The van der Waals surface area contributed by atoms with Crippen LogP contribution in [0.5, 0.6) is 0 Å². The molecule has 0 aliphatic rings. The van der Waals surface area contributed by atoms with Gasteiger partial charge in [0.15, 0.2) is 5.52 Å². The Morgan fingerprint density at radius 1 is 1.21 bits per heavy atom. The molecule has 19 heavy (non-hydrogen) atoms. The number of rotatable bonds is 3. The third kappa shape index (κ3) is 2.06. The van der Waals surface area contributed by atoms with Gasteiger partial charge in [0.2, 0.25) is 5.82 Å². The van der Waals surface area contributed by atoms with Crippen molar-refractivity contribution in [3.05, 3.63) is 46.8 Å². The lowest BCUT2D eigenvalue weighted by Crippen LogP contribution is -2.01. The van der Waals surface area contributed by atoms with Gasteiger partial charge in [-0.3, -0.25) is 0 Å². The van der Waals surface area contributed by atoms with Gasteiger partial charge in [0.05, 0.1) is 6.33 Å². The van der Waals surface area contributed by atoms with Gasteiger partial charge in [0.25, 0.3) is 5.65 Å². The Kier molecular flexibility index (Phi) is 2.53. The van der Waals surface area contributed by atoms with Crippen molar-refractivity contribution in [2.75, 3.05) is 5.32 Å². The number of H-pyrrole nitrogens is 1. The van der Waals surface area contributed by atoms with E-state index in [4.69, 9.17) is 0 Å². The SMILES string of the molecule is O=[N+]([O-])c1nc(Nc2ccccc2)c2[nH]cnc2n1. The average molecular weight is 256 g/mol. The number of nitrogens with one attached hydrogen (secondary N) is 2. The van der Waals surface area contributed by atoms with Crippen LogP contribution in [-0.2, 0) is 0 Å². The molecule has 3 rings (SSSR count). The maximum absolute atomic E-state index is 10.8. The van der Waals surface area contributed by atoms with Gasteiger partial charge in [0, 0.05) is 5.69 Å². The molecule has 0 atom stereocenters. The number of nitro groups is 1. The van der Waals surface area contributed by atoms with Crippen LogP contribution in [0.15, 0.2) is 36.7 Å². The summed E-state index contributed by atoms with van der Waals surface area (Å²) >= 11 is 0. The van der Waals surface area contributed by atoms with E-state index in [9.17, 15) is 10.1 Å². The molecule has 0 bridgehead atoms. The number of para-hydroxylation sites is 1. The molecule has 0 amide bonds. The third-order valence-corrected chi connectivity index (χ3v) is 2.47. The molecular formula is C11H8N6O2. The molecule has 2 aromatic heterocycles. The van der Waals surface area contributed by atoms with E-state index in [1.54, 1.807) is 0 Å². The molecule has 0 radical (unpaired) electrons. The summed E-state index contributed by atoms with van der Waals surface area (Å²) < 4.78 is 0. The number of benzene rings is 1. The summed E-state index contributed by atoms with van der Waals surface area (Å²) in [5.74, 6) is -0.168. The first kappa shape index (κ1) is 11.1. The average Bonchev–Trinajstić information content (AvgIpc) is 2.88. The molecule has 0 spiro atoms. The second kappa shape index (κ2) is 4.33. The molecule has 0 aliphatic carbocycles. The maximum atomic E-state index is 10.8. The van der Waals surface area contributed by atoms with Gasteiger partial charge in [0.1, 0.15) is 0 Å². The predicted octanol–water partition coefficient (Wildman–Crippen LogP) is 2.00. The number of anilines is 2. The zero-order valence-corrected chi connectivity index (χ0v) is 9.57. The maximum Gasteiger partial charge on any atom is 0.473 e. The number of hydrogen-bond acceptors (Lipinski definition) is 6. The van der Waals surface area contributed by atoms with Crippen LogP contribution in [0.25, 0.3) is 11.2 Å². The van der Waals surface area contributed by atoms with Gasteiger partial charge in [-0.05, 0) is 27.0 Å². The topological polar surface area (TPSA) is 110 Å². The molecule has 1 aromatic carbocycles. The van der Waals surface area contributed by atoms with E-state index in [0.29, 0.717) is 11.3 Å². The first-order valence-electron chi connectivity index (χ1n) is 5.41. The Morgan fingerprint density at radius 3 is 2.74 bits per heavy atom. The van der Waals surface area contributed by atoms with Crippen molar-refractivity contribution in [3.8, 4) is 0 Å². The van der Waals surface area contributed by atoms with Gasteiger partial charge in [-0.25, -0.2) is 4.98 Å². The molecule has 0 saturated heterocycles. The van der Waals surface area contributed by atoms with Gasteiger partial charge < -0.3 is 20.4 Å². The molecule has 8 heteroatoms. The van der Waals surface area contributed by atoms with Crippen LogP contribution >= 0.6 is 0 Å². The zero-order chi connectivity index (χ0) is 13.2. The van der Waals surface area contributed by atoms with Crippen LogP contribution in [-0.4, -0.2) is 24.9 Å². The summed E-state index contributed by atoms with van der Waals surface area (Å²) in [6, 6.07) is 9.23. The highest BCUT2D eigenvalue weighted by Crippen LogP contribution is 2.23. The first-order valence-corrected chi connectivity index (χ1v) is 5.41. The Morgan fingerprint density at radius 2 is 2.00 bits per heavy atom. The van der Waals surface area contributed by atoms with Crippen molar-refractivity contribution < 1.29 is 4.92 Å². The van der Waals surface area contributed by atoms with Crippen LogP contribution in [0.2, 0.25) is 0 Å². The molecule has 0 fully saturated rings. The Hall–Kier alpha value is -3.03. The lowest BCUT2D eigenvalue weighted by atomic mass is 10.3. The Labute approximate surface area is 106 Å². The van der Waals surface area contributed by atoms with E-state index >= 15 is 0 Å². The number of nitrogens with zero attached hydrogens (tertiary/aromatic N) is 4. The van der Waals surface area contributed by atoms with Gasteiger partial charge in [-0.1, -0.05) is 18.2 Å². The molecule has 0 saturated carbocycles. The normalized spacial score (nSPS) is 10.5. The van der Waals surface area contributed by atoms with Gasteiger partial charge in [-0.2, -0.15) is 0 Å². The van der Waals surface area contributed by atoms with E-state index in [1.165, 1.54) is 6.33 Å². The highest BCUT2D eigenvalue weighted by Gasteiger charge is 2.19. The molecule has 2 N–H and O–H groups in total. The predicted molar refractivity (Wildman–Crippen MR) is 68.1 cm³/mol. The standard InChI is InChI=1S/C11H8N6O2/c18-17(19)11-15-9-8(12-6-13-9)10(16-11)14-7-4-2-1-3-5-7/h1-6H,(H2,12,13,14,15,16). The van der Waals surface area contributed by atoms with E-state index in [-0.39, 0.29) is 5.65 Å². The monoisotopic (exact) mass is 256 g/mol. The fraction of sp³-hybridized carbons (Fsp3) is 0. The van der Waals surface area contributed by atoms with Crippen LogP contribution in [0.4, 0.5) is 17.5 Å². The van der Waals surface area contributed by atoms with E-state index in [1.807, 2.05) is 30.3 Å². The Bertz CT molecular complexity index is 739. The van der Waals surface area contributed by atoms with Crippen LogP contribution in [0.3, 0.4) is 0 Å². The first-order chi connectivity index (χ1) is 9.24. The smallest absolute Gasteiger partial charge is 0.390 e. The second-order valence-corrected chi connectivity index (χ2v) is 3.72. The van der Waals surface area contributed by atoms with Crippen molar-refractivity contribution in [2.24, 2.45) is 0 Å². The largest absolute Gasteiger partial charge is 0.473 e. The number of hydrogen-bond donors (Lipinski definition) is 2. The highest BCUT2D eigenvalue weighted by molar-refractivity contribution is 5.85. The number of imidazole rings is 1. The van der Waals surface area contributed by atoms with Gasteiger partial charge >= 0.3 is 5.95 Å². The Balaban J connectivity index is 2.11. The van der Waals surface area contributed by atoms with E-state index < -0.39 is 10.9 Å². The van der Waals surface area contributed by atoms with E-state index in [2.05, 4.69) is 25.3 Å². The second-order valence-electron chi connectivity index (χ2n) is 3.72. The molecule has 94 valence electrons. The van der Waals surface area contributed by atoms with Crippen molar-refractivity contribution in [1.29, 1.82) is 0 Å². The summed E-state index contributed by atoms with van der Waals surface area (Å²) in [5, 5.41) is 13.8. The minimum absolute atomic E-state index is 0.250. The van der Waals surface area contributed by atoms with Gasteiger partial charge in [-0.15, -0.1) is 0 Å². The quantitative estimate of drug-likeness (QED) is 0.547. The number of aromatic amines is 1. The molecule has 8 nitrogen and oxygen atoms in total. The molecule has 0 unspecified atom stereocenters. The summed E-state index contributed by atoms with van der Waals surface area (Å²) in [4.78, 5) is 24.5. The van der Waals surface area contributed by atoms with Crippen LogP contribution < -0.4 is 5.32 Å². The van der Waals surface area contributed by atoms with Crippen molar-refractivity contribution in [1.82, 2.24) is 19.9 Å². The molecule has 2 heterocycles. The van der Waals surface area contributed by atoms with Crippen LogP contribution in [0, 0.1) is 10.1 Å². The number of fused-ring (bicyclic) bond motifs is 1. The summed E-state index contributed by atoms with van der Waals surface area (Å²) in [6.07, 6.45) is 1.42. The fourth-order valence-electron chi connectivity index (χ4n) is 1.65. The summed E-state index contributed by atoms with van der Waals surface area (Å²) in [6.45, 7) is 0. The molecule has 3 aromatic rings. The third-order valence-electron chi connectivity index (χ3n) is 2.47. The lowest BCUT2D eigenvalue weighted by molar-refractivity contribution is -0.394. The fourth-order valence-corrected chi connectivity index (χ4v) is 1.65. The highest BCUT2D eigenvalue weighted by atomic mass is 16.6. The zero-order valence-electron chi connectivity index (χ0n) is 9.57. The van der Waals surface area contributed by atoms with Crippen molar-refractivity contribution in [2.45, 2.75) is 0 Å². The minimum Gasteiger partial charge on any atom is -0.390 e. The molecular weight excluding hydrogens is 248 g/mol. The summed E-state index contributed by atoms with van der Waals surface area (Å²) in [7, 11) is 0. The number of aromatic nitrogens is 4. The minimum atomic E-state index is -0.649. The lowest BCUT2D eigenvalue weighted by Gasteiger charge is -2.02. The van der Waals surface area contributed by atoms with Crippen LogP contribution in [0.1, 0.15) is 0 Å². The van der Waals surface area contributed by atoms with E-state index in [0.717, 1.165) is 5.69 Å².